The van der Waals surface area contributed by atoms with Gasteiger partial charge in [-0.1, -0.05) is 0 Å². The summed E-state index contributed by atoms with van der Waals surface area (Å²) in [6, 6.07) is 7.50. The van der Waals surface area contributed by atoms with Crippen molar-refractivity contribution < 1.29 is 27.2 Å². The molecule has 0 spiro atoms. The lowest BCUT2D eigenvalue weighted by Gasteiger charge is -2.19. The Kier molecular flexibility index (Phi) is 6.55. The molecule has 1 fully saturated rings. The van der Waals surface area contributed by atoms with Crippen LogP contribution in [0.25, 0.3) is 0 Å². The van der Waals surface area contributed by atoms with E-state index in [-0.39, 0.29) is 22.9 Å². The molecule has 1 saturated heterocycles. The molecule has 10 heteroatoms. The molecule has 1 aromatic heterocycles. The molecule has 0 bridgehead atoms. The van der Waals surface area contributed by atoms with Crippen LogP contribution in [0.3, 0.4) is 0 Å². The van der Waals surface area contributed by atoms with Gasteiger partial charge >= 0.3 is 0 Å². The number of benzene rings is 1. The third-order valence-corrected chi connectivity index (χ3v) is 6.28. The van der Waals surface area contributed by atoms with Gasteiger partial charge in [0.1, 0.15) is 10.6 Å². The zero-order chi connectivity index (χ0) is 20.9. The normalized spacial score (nSPS) is 14.5. The Bertz CT molecular complexity index is 966. The highest BCUT2D eigenvalue weighted by Crippen LogP contribution is 2.31. The number of carbonyl (C=O) groups is 2. The summed E-state index contributed by atoms with van der Waals surface area (Å²) in [5.74, 6) is -0.686. The predicted molar refractivity (Wildman–Crippen MR) is 105 cm³/mol. The molecule has 1 aromatic carbocycles. The van der Waals surface area contributed by atoms with E-state index in [0.717, 1.165) is 12.8 Å². The monoisotopic (exact) mass is 421 g/mol. The van der Waals surface area contributed by atoms with Crippen LogP contribution in [0.15, 0.2) is 45.9 Å². The van der Waals surface area contributed by atoms with Crippen molar-refractivity contribution in [1.82, 2.24) is 9.62 Å². The topological polar surface area (TPSA) is 118 Å². The predicted octanol–water partition coefficient (Wildman–Crippen LogP) is 1.83. The van der Waals surface area contributed by atoms with Gasteiger partial charge in [0.2, 0.25) is 15.9 Å². The van der Waals surface area contributed by atoms with Crippen LogP contribution in [0.5, 0.6) is 5.75 Å². The number of hydrogen-bond donors (Lipinski definition) is 2. The summed E-state index contributed by atoms with van der Waals surface area (Å²) in [7, 11) is -3.73. The van der Waals surface area contributed by atoms with Crippen molar-refractivity contribution in [2.24, 2.45) is 0 Å². The first-order chi connectivity index (χ1) is 13.9. The molecular formula is C19H23N3O6S. The van der Waals surface area contributed by atoms with Crippen molar-refractivity contribution in [3.05, 3.63) is 42.4 Å². The lowest BCUT2D eigenvalue weighted by atomic mass is 10.3. The Morgan fingerprint density at radius 2 is 1.97 bits per heavy atom. The Hall–Kier alpha value is -2.85. The van der Waals surface area contributed by atoms with Crippen LogP contribution in [0.4, 0.5) is 5.69 Å². The zero-order valence-electron chi connectivity index (χ0n) is 16.0. The molecule has 0 atom stereocenters. The molecule has 2 N–H and O–H groups in total. The van der Waals surface area contributed by atoms with Crippen LogP contribution >= 0.6 is 0 Å². The summed E-state index contributed by atoms with van der Waals surface area (Å²) in [6.45, 7) is 2.71. The molecule has 0 aliphatic carbocycles. The number of nitrogens with one attached hydrogen (secondary N) is 2. The summed E-state index contributed by atoms with van der Waals surface area (Å²) in [5.41, 5.74) is 0.295. The molecule has 1 aliphatic heterocycles. The number of hydrogen-bond acceptors (Lipinski definition) is 6. The largest absolute Gasteiger partial charge is 0.492 e. The summed E-state index contributed by atoms with van der Waals surface area (Å²) < 4.78 is 37.8. The van der Waals surface area contributed by atoms with Gasteiger partial charge in [0.15, 0.2) is 5.76 Å². The second kappa shape index (κ2) is 9.10. The molecule has 0 unspecified atom stereocenters. The maximum absolute atomic E-state index is 13.0. The fourth-order valence-corrected chi connectivity index (χ4v) is 4.66. The number of sulfonamides is 1. The molecule has 1 aliphatic rings. The molecule has 3 rings (SSSR count). The van der Waals surface area contributed by atoms with E-state index in [1.165, 1.54) is 28.8 Å². The van der Waals surface area contributed by atoms with Crippen molar-refractivity contribution in [2.45, 2.75) is 24.7 Å². The molecule has 0 saturated carbocycles. The van der Waals surface area contributed by atoms with Gasteiger partial charge in [-0.05, 0) is 50.1 Å². The van der Waals surface area contributed by atoms with Crippen molar-refractivity contribution in [2.75, 3.05) is 31.6 Å². The van der Waals surface area contributed by atoms with Crippen LogP contribution in [-0.2, 0) is 14.8 Å². The number of nitrogens with zero attached hydrogens (tertiary/aromatic N) is 1. The molecular weight excluding hydrogens is 398 g/mol. The van der Waals surface area contributed by atoms with Gasteiger partial charge < -0.3 is 19.8 Å². The number of ether oxygens (including phenoxy) is 1. The van der Waals surface area contributed by atoms with Gasteiger partial charge in [-0.15, -0.1) is 0 Å². The Labute approximate surface area is 169 Å². The van der Waals surface area contributed by atoms with E-state index in [1.807, 2.05) is 0 Å². The van der Waals surface area contributed by atoms with E-state index in [4.69, 9.17) is 9.15 Å². The van der Waals surface area contributed by atoms with Crippen molar-refractivity contribution in [3.8, 4) is 5.75 Å². The highest BCUT2D eigenvalue weighted by molar-refractivity contribution is 7.89. The maximum atomic E-state index is 13.0. The average molecular weight is 421 g/mol. The van der Waals surface area contributed by atoms with E-state index < -0.39 is 21.8 Å². The van der Waals surface area contributed by atoms with Crippen molar-refractivity contribution in [3.63, 3.8) is 0 Å². The standard InChI is InChI=1S/C19H23N3O6S/c1-2-27-15-8-7-14(12-17(15)29(25,26)22-9-3-4-10-22)21-18(23)13-20-19(24)16-6-5-11-28-16/h5-8,11-12H,2-4,9-10,13H2,1H3,(H,20,24)(H,21,23). The molecule has 2 amide bonds. The minimum absolute atomic E-state index is 0.0127. The van der Waals surface area contributed by atoms with Crippen LogP contribution in [0, 0.1) is 0 Å². The lowest BCUT2D eigenvalue weighted by molar-refractivity contribution is -0.115. The van der Waals surface area contributed by atoms with Crippen LogP contribution < -0.4 is 15.4 Å². The second-order valence-electron chi connectivity index (χ2n) is 6.41. The molecule has 156 valence electrons. The minimum atomic E-state index is -3.73. The Morgan fingerprint density at radius 3 is 2.62 bits per heavy atom. The molecule has 29 heavy (non-hydrogen) atoms. The van der Waals surface area contributed by atoms with Gasteiger partial charge in [0.05, 0.1) is 19.4 Å². The summed E-state index contributed by atoms with van der Waals surface area (Å²) >= 11 is 0. The SMILES string of the molecule is CCOc1ccc(NC(=O)CNC(=O)c2ccco2)cc1S(=O)(=O)N1CCCC1. The highest BCUT2D eigenvalue weighted by Gasteiger charge is 2.30. The van der Waals surface area contributed by atoms with Crippen LogP contribution in [0.1, 0.15) is 30.3 Å². The Morgan fingerprint density at radius 1 is 1.21 bits per heavy atom. The third kappa shape index (κ3) is 4.96. The first kappa shape index (κ1) is 20.9. The molecule has 2 heterocycles. The quantitative estimate of drug-likeness (QED) is 0.671. The summed E-state index contributed by atoms with van der Waals surface area (Å²) in [6.07, 6.45) is 2.99. The van der Waals surface area contributed by atoms with E-state index >= 15 is 0 Å². The number of anilines is 1. The molecule has 9 nitrogen and oxygen atoms in total. The summed E-state index contributed by atoms with van der Waals surface area (Å²) in [5, 5.41) is 5.02. The van der Waals surface area contributed by atoms with Gasteiger partial charge in [-0.3, -0.25) is 9.59 Å². The third-order valence-electron chi connectivity index (χ3n) is 4.36. The van der Waals surface area contributed by atoms with Crippen LogP contribution in [0.2, 0.25) is 0 Å². The number of furan rings is 1. The minimum Gasteiger partial charge on any atom is -0.492 e. The van der Waals surface area contributed by atoms with Crippen LogP contribution in [-0.4, -0.2) is 50.8 Å². The fraction of sp³-hybridized carbons (Fsp3) is 0.368. The summed E-state index contributed by atoms with van der Waals surface area (Å²) in [4.78, 5) is 24.0. The van der Waals surface area contributed by atoms with Crippen molar-refractivity contribution in [1.29, 1.82) is 0 Å². The first-order valence-electron chi connectivity index (χ1n) is 9.30. The number of rotatable bonds is 8. The van der Waals surface area contributed by atoms with E-state index in [0.29, 0.717) is 25.4 Å². The smallest absolute Gasteiger partial charge is 0.287 e. The van der Waals surface area contributed by atoms with E-state index in [2.05, 4.69) is 10.6 Å². The number of carbonyl (C=O) groups excluding carboxylic acids is 2. The fourth-order valence-electron chi connectivity index (χ4n) is 2.99. The Balaban J connectivity index is 1.72. The van der Waals surface area contributed by atoms with Gasteiger partial charge in [0, 0.05) is 18.8 Å². The molecule has 2 aromatic rings. The zero-order valence-corrected chi connectivity index (χ0v) is 16.8. The highest BCUT2D eigenvalue weighted by atomic mass is 32.2. The van der Waals surface area contributed by atoms with Gasteiger partial charge in [0.25, 0.3) is 5.91 Å². The van der Waals surface area contributed by atoms with Gasteiger partial charge in [-0.25, -0.2) is 8.42 Å². The molecule has 0 radical (unpaired) electrons. The van der Waals surface area contributed by atoms with E-state index in [1.54, 1.807) is 19.1 Å². The van der Waals surface area contributed by atoms with Gasteiger partial charge in [-0.2, -0.15) is 4.31 Å². The maximum Gasteiger partial charge on any atom is 0.287 e. The second-order valence-corrected chi connectivity index (χ2v) is 8.32. The lowest BCUT2D eigenvalue weighted by Crippen LogP contribution is -2.32. The average Bonchev–Trinajstić information content (AvgIpc) is 3.41. The van der Waals surface area contributed by atoms with E-state index in [9.17, 15) is 18.0 Å². The number of amides is 2. The van der Waals surface area contributed by atoms with Crippen molar-refractivity contribution >= 4 is 27.5 Å². The first-order valence-corrected chi connectivity index (χ1v) is 10.7.